The third-order valence-electron chi connectivity index (χ3n) is 7.23. The van der Waals surface area contributed by atoms with Crippen molar-refractivity contribution in [1.82, 2.24) is 5.32 Å². The monoisotopic (exact) mass is 464 g/mol. The van der Waals surface area contributed by atoms with Gasteiger partial charge in [-0.25, -0.2) is 0 Å². The molecule has 4 atom stereocenters. The molecule has 2 fully saturated rings. The molecule has 0 aromatic heterocycles. The van der Waals surface area contributed by atoms with E-state index in [0.29, 0.717) is 13.0 Å². The molecule has 7 nitrogen and oxygen atoms in total. The van der Waals surface area contributed by atoms with Gasteiger partial charge in [0.15, 0.2) is 0 Å². The summed E-state index contributed by atoms with van der Waals surface area (Å²) in [6, 6.07) is 15.8. The first-order chi connectivity index (χ1) is 16.6. The maximum atomic E-state index is 12.6. The lowest BCUT2D eigenvalue weighted by molar-refractivity contribution is -0.142. The van der Waals surface area contributed by atoms with Gasteiger partial charge in [-0.05, 0) is 49.4 Å². The number of benzene rings is 2. The van der Waals surface area contributed by atoms with Crippen LogP contribution in [0.25, 0.3) is 0 Å². The first kappa shape index (κ1) is 22.9. The fourth-order valence-corrected chi connectivity index (χ4v) is 5.15. The predicted molar refractivity (Wildman–Crippen MR) is 128 cm³/mol. The van der Waals surface area contributed by atoms with Crippen LogP contribution in [0.1, 0.15) is 49.1 Å². The predicted octanol–water partition coefficient (Wildman–Crippen LogP) is 3.17. The lowest BCUT2D eigenvalue weighted by Gasteiger charge is -2.37. The molecule has 34 heavy (non-hydrogen) atoms. The van der Waals surface area contributed by atoms with Crippen LogP contribution in [0.3, 0.4) is 0 Å². The van der Waals surface area contributed by atoms with Crippen LogP contribution >= 0.6 is 0 Å². The van der Waals surface area contributed by atoms with Gasteiger partial charge in [-0.1, -0.05) is 36.8 Å². The highest BCUT2D eigenvalue weighted by Gasteiger charge is 2.46. The second-order valence-electron chi connectivity index (χ2n) is 9.56. The molecule has 0 radical (unpaired) electrons. The molecule has 2 aromatic rings. The minimum absolute atomic E-state index is 0.00331. The zero-order valence-corrected chi connectivity index (χ0v) is 19.2. The molecule has 2 heterocycles. The SMILES string of the molecule is O=C(C[C@@H]1C[C@@H]2c3cc(NC(=O)C4CCC4)ccc3O[C@@H]2[C@@H](CO)O1)NCCc1ccccc1. The van der Waals surface area contributed by atoms with Crippen LogP contribution in [0, 0.1) is 5.92 Å². The number of carbonyl (C=O) groups is 2. The molecule has 3 N–H and O–H groups in total. The zero-order chi connectivity index (χ0) is 23.5. The number of carbonyl (C=O) groups excluding carboxylic acids is 2. The van der Waals surface area contributed by atoms with Gasteiger partial charge in [-0.2, -0.15) is 0 Å². The minimum Gasteiger partial charge on any atom is -0.487 e. The topological polar surface area (TPSA) is 96.9 Å². The van der Waals surface area contributed by atoms with Gasteiger partial charge in [0.1, 0.15) is 18.0 Å². The van der Waals surface area contributed by atoms with E-state index in [9.17, 15) is 14.7 Å². The molecule has 180 valence electrons. The highest BCUT2D eigenvalue weighted by Crippen LogP contribution is 2.47. The number of rotatable bonds is 8. The van der Waals surface area contributed by atoms with Crippen LogP contribution in [0.2, 0.25) is 0 Å². The van der Waals surface area contributed by atoms with E-state index in [1.54, 1.807) is 0 Å². The highest BCUT2D eigenvalue weighted by atomic mass is 16.6. The molecule has 7 heteroatoms. The largest absolute Gasteiger partial charge is 0.487 e. The van der Waals surface area contributed by atoms with E-state index in [1.165, 1.54) is 5.56 Å². The Balaban J connectivity index is 1.21. The summed E-state index contributed by atoms with van der Waals surface area (Å²) in [6.45, 7) is 0.396. The van der Waals surface area contributed by atoms with E-state index >= 15 is 0 Å². The van der Waals surface area contributed by atoms with Gasteiger partial charge in [0.05, 0.1) is 19.1 Å². The summed E-state index contributed by atoms with van der Waals surface area (Å²) in [5.41, 5.74) is 2.95. The van der Waals surface area contributed by atoms with Crippen molar-refractivity contribution in [1.29, 1.82) is 0 Å². The van der Waals surface area contributed by atoms with Crippen molar-refractivity contribution in [3.8, 4) is 5.75 Å². The lowest BCUT2D eigenvalue weighted by atomic mass is 9.83. The van der Waals surface area contributed by atoms with Crippen LogP contribution < -0.4 is 15.4 Å². The van der Waals surface area contributed by atoms with E-state index in [-0.39, 0.29) is 48.9 Å². The molecule has 1 aliphatic carbocycles. The summed E-state index contributed by atoms with van der Waals surface area (Å²) in [4.78, 5) is 25.0. The Morgan fingerprint density at radius 3 is 2.65 bits per heavy atom. The average Bonchev–Trinajstić information content (AvgIpc) is 3.16. The molecule has 2 amide bonds. The fraction of sp³-hybridized carbons (Fsp3) is 0.481. The summed E-state index contributed by atoms with van der Waals surface area (Å²) in [6.07, 6.45) is 3.56. The lowest BCUT2D eigenvalue weighted by Crippen LogP contribution is -2.47. The normalized spacial score (nSPS) is 25.4. The zero-order valence-electron chi connectivity index (χ0n) is 19.2. The summed E-state index contributed by atoms with van der Waals surface area (Å²) in [5, 5.41) is 16.0. The molecular formula is C27H32N2O5. The average molecular weight is 465 g/mol. The minimum atomic E-state index is -0.499. The van der Waals surface area contributed by atoms with E-state index < -0.39 is 6.10 Å². The number of aliphatic hydroxyl groups is 1. The Hall–Kier alpha value is -2.90. The first-order valence-corrected chi connectivity index (χ1v) is 12.3. The molecular weight excluding hydrogens is 432 g/mol. The maximum absolute atomic E-state index is 12.6. The van der Waals surface area contributed by atoms with Crippen molar-refractivity contribution in [2.45, 2.75) is 62.8 Å². The summed E-state index contributed by atoms with van der Waals surface area (Å²) in [7, 11) is 0. The van der Waals surface area contributed by atoms with Gasteiger partial charge in [0.25, 0.3) is 0 Å². The Morgan fingerprint density at radius 2 is 1.91 bits per heavy atom. The van der Waals surface area contributed by atoms with Crippen molar-refractivity contribution in [2.24, 2.45) is 5.92 Å². The number of fused-ring (bicyclic) bond motifs is 3. The Kier molecular flexibility index (Phi) is 6.83. The van der Waals surface area contributed by atoms with Crippen LogP contribution in [-0.4, -0.2) is 48.4 Å². The summed E-state index contributed by atoms with van der Waals surface area (Å²) < 4.78 is 12.2. The molecule has 2 aliphatic heterocycles. The fourth-order valence-electron chi connectivity index (χ4n) is 5.15. The van der Waals surface area contributed by atoms with Crippen LogP contribution in [0.5, 0.6) is 5.75 Å². The molecule has 1 saturated heterocycles. The highest BCUT2D eigenvalue weighted by molar-refractivity contribution is 5.93. The van der Waals surface area contributed by atoms with Gasteiger partial charge in [0, 0.05) is 29.6 Å². The summed E-state index contributed by atoms with van der Waals surface area (Å²) in [5.74, 6) is 0.891. The van der Waals surface area contributed by atoms with Crippen molar-refractivity contribution in [3.63, 3.8) is 0 Å². The Labute approximate surface area is 199 Å². The van der Waals surface area contributed by atoms with Gasteiger partial charge >= 0.3 is 0 Å². The molecule has 0 bridgehead atoms. The van der Waals surface area contributed by atoms with E-state index in [1.807, 2.05) is 48.5 Å². The maximum Gasteiger partial charge on any atom is 0.227 e. The van der Waals surface area contributed by atoms with Crippen LogP contribution in [0.4, 0.5) is 5.69 Å². The third-order valence-corrected chi connectivity index (χ3v) is 7.23. The second kappa shape index (κ2) is 10.2. The summed E-state index contributed by atoms with van der Waals surface area (Å²) >= 11 is 0. The Morgan fingerprint density at radius 1 is 1.09 bits per heavy atom. The van der Waals surface area contributed by atoms with Gasteiger partial charge in [-0.15, -0.1) is 0 Å². The van der Waals surface area contributed by atoms with Crippen molar-refractivity contribution >= 4 is 17.5 Å². The standard InChI is InChI=1S/C27H32N2O5/c30-16-24-26-22(14-20(33-24)15-25(31)28-12-11-17-5-2-1-3-6-17)21-13-19(9-10-23(21)34-26)29-27(32)18-7-4-8-18/h1-3,5-6,9-10,13,18,20,22,24,26,30H,4,7-8,11-12,14-16H2,(H,28,31)(H,29,32)/t20-,22+,24+,26-/m0/s1. The molecule has 3 aliphatic rings. The number of anilines is 1. The van der Waals surface area contributed by atoms with Crippen molar-refractivity contribution in [2.75, 3.05) is 18.5 Å². The Bertz CT molecular complexity index is 1020. The third kappa shape index (κ3) is 4.95. The first-order valence-electron chi connectivity index (χ1n) is 12.3. The van der Waals surface area contributed by atoms with Crippen molar-refractivity contribution in [3.05, 3.63) is 59.7 Å². The molecule has 0 spiro atoms. The quantitative estimate of drug-likeness (QED) is 0.558. The van der Waals surface area contributed by atoms with Gasteiger partial charge in [0.2, 0.25) is 11.8 Å². The van der Waals surface area contributed by atoms with Crippen molar-refractivity contribution < 1.29 is 24.2 Å². The van der Waals surface area contributed by atoms with Gasteiger partial charge < -0.3 is 25.2 Å². The number of amides is 2. The smallest absolute Gasteiger partial charge is 0.227 e. The van der Waals surface area contributed by atoms with Crippen LogP contribution in [-0.2, 0) is 20.7 Å². The molecule has 1 saturated carbocycles. The number of hydrogen-bond donors (Lipinski definition) is 3. The van der Waals surface area contributed by atoms with Crippen LogP contribution in [0.15, 0.2) is 48.5 Å². The van der Waals surface area contributed by atoms with E-state index in [4.69, 9.17) is 9.47 Å². The van der Waals surface area contributed by atoms with E-state index in [2.05, 4.69) is 10.6 Å². The number of hydrogen-bond acceptors (Lipinski definition) is 5. The molecule has 0 unspecified atom stereocenters. The van der Waals surface area contributed by atoms with Gasteiger partial charge in [-0.3, -0.25) is 9.59 Å². The number of ether oxygens (including phenoxy) is 2. The molecule has 2 aromatic carbocycles. The second-order valence-corrected chi connectivity index (χ2v) is 9.56. The number of aliphatic hydroxyl groups excluding tert-OH is 1. The van der Waals surface area contributed by atoms with E-state index in [0.717, 1.165) is 42.7 Å². The number of nitrogens with one attached hydrogen (secondary N) is 2. The molecule has 5 rings (SSSR count).